The first-order valence-corrected chi connectivity index (χ1v) is 4.73. The monoisotopic (exact) mass is 206 g/mol. The molecule has 14 heavy (non-hydrogen) atoms. The smallest absolute Gasteiger partial charge is 0.290 e. The van der Waals surface area contributed by atoms with E-state index in [1.165, 1.54) is 11.3 Å². The number of hydrogen-bond acceptors (Lipinski definition) is 4. The lowest BCUT2D eigenvalue weighted by molar-refractivity contribution is -0.127. The maximum atomic E-state index is 10.7. The van der Waals surface area contributed by atoms with E-state index in [0.717, 1.165) is 10.2 Å². The molecular weight excluding hydrogens is 200 g/mol. The Bertz CT molecular complexity index is 459. The van der Waals surface area contributed by atoms with Gasteiger partial charge in [-0.3, -0.25) is 14.9 Å². The van der Waals surface area contributed by atoms with Crippen molar-refractivity contribution in [2.45, 2.75) is 0 Å². The summed E-state index contributed by atoms with van der Waals surface area (Å²) in [5.74, 6) is -0.677. The maximum Gasteiger partial charge on any atom is 0.290 e. The van der Waals surface area contributed by atoms with Crippen LogP contribution in [0.1, 0.15) is 0 Å². The summed E-state index contributed by atoms with van der Waals surface area (Å²) in [6, 6.07) is 7.52. The molecule has 1 aromatic carbocycles. The van der Waals surface area contributed by atoms with Gasteiger partial charge in [0.25, 0.3) is 5.91 Å². The molecule has 0 saturated heterocycles. The summed E-state index contributed by atoms with van der Waals surface area (Å²) in [6.45, 7) is 0. The number of rotatable bonds is 2. The largest absolute Gasteiger partial charge is 0.295 e. The predicted molar refractivity (Wildman–Crippen MR) is 54.3 cm³/mol. The second-order valence-electron chi connectivity index (χ2n) is 2.59. The van der Waals surface area contributed by atoms with E-state index in [0.29, 0.717) is 5.13 Å². The van der Waals surface area contributed by atoms with Crippen molar-refractivity contribution in [3.63, 3.8) is 0 Å². The van der Waals surface area contributed by atoms with Crippen LogP contribution < -0.4 is 5.32 Å². The predicted octanol–water partition coefficient (Wildman–Crippen LogP) is 1.43. The highest BCUT2D eigenvalue weighted by molar-refractivity contribution is 7.22. The molecule has 0 spiro atoms. The van der Waals surface area contributed by atoms with Crippen molar-refractivity contribution in [2.75, 3.05) is 5.32 Å². The molecule has 70 valence electrons. The van der Waals surface area contributed by atoms with E-state index >= 15 is 0 Å². The number of para-hydroxylation sites is 1. The van der Waals surface area contributed by atoms with Gasteiger partial charge in [-0.05, 0) is 12.1 Å². The van der Waals surface area contributed by atoms with Crippen LogP contribution >= 0.6 is 11.3 Å². The summed E-state index contributed by atoms with van der Waals surface area (Å²) >= 11 is 1.34. The highest BCUT2D eigenvalue weighted by Gasteiger charge is 2.05. The van der Waals surface area contributed by atoms with Crippen LogP contribution in [0.3, 0.4) is 0 Å². The fourth-order valence-electron chi connectivity index (χ4n) is 1.06. The average Bonchev–Trinajstić information content (AvgIpc) is 2.59. The third kappa shape index (κ3) is 1.62. The lowest BCUT2D eigenvalue weighted by Gasteiger charge is -1.90. The molecule has 1 aromatic heterocycles. The zero-order valence-corrected chi connectivity index (χ0v) is 7.88. The molecular formula is C9H6N2O2S. The summed E-state index contributed by atoms with van der Waals surface area (Å²) in [5.41, 5.74) is 0.818. The van der Waals surface area contributed by atoms with Gasteiger partial charge in [-0.2, -0.15) is 0 Å². The minimum Gasteiger partial charge on any atom is -0.295 e. The van der Waals surface area contributed by atoms with E-state index in [1.807, 2.05) is 24.3 Å². The molecule has 1 amide bonds. The first-order valence-electron chi connectivity index (χ1n) is 3.91. The minimum atomic E-state index is -0.677. The highest BCUT2D eigenvalue weighted by Crippen LogP contribution is 2.24. The van der Waals surface area contributed by atoms with Gasteiger partial charge in [0.15, 0.2) is 5.13 Å². The van der Waals surface area contributed by atoms with Crippen molar-refractivity contribution in [3.8, 4) is 0 Å². The Kier molecular flexibility index (Phi) is 2.24. The molecule has 2 aromatic rings. The quantitative estimate of drug-likeness (QED) is 0.597. The maximum absolute atomic E-state index is 10.7. The van der Waals surface area contributed by atoms with Gasteiger partial charge in [-0.1, -0.05) is 23.5 Å². The van der Waals surface area contributed by atoms with Crippen molar-refractivity contribution >= 4 is 38.9 Å². The van der Waals surface area contributed by atoms with E-state index < -0.39 is 5.91 Å². The molecule has 0 saturated carbocycles. The zero-order chi connectivity index (χ0) is 9.97. The fourth-order valence-corrected chi connectivity index (χ4v) is 1.93. The van der Waals surface area contributed by atoms with Crippen molar-refractivity contribution < 1.29 is 9.59 Å². The summed E-state index contributed by atoms with van der Waals surface area (Å²) in [6.07, 6.45) is 0.228. The minimum absolute atomic E-state index is 0.228. The summed E-state index contributed by atoms with van der Waals surface area (Å²) in [7, 11) is 0. The number of fused-ring (bicyclic) bond motifs is 1. The topological polar surface area (TPSA) is 59.1 Å². The summed E-state index contributed by atoms with van der Waals surface area (Å²) in [5, 5.41) is 2.83. The third-order valence-corrected chi connectivity index (χ3v) is 2.58. The highest BCUT2D eigenvalue weighted by atomic mass is 32.1. The number of thiazole rings is 1. The lowest BCUT2D eigenvalue weighted by atomic mass is 10.3. The summed E-state index contributed by atoms with van der Waals surface area (Å²) < 4.78 is 0.980. The second kappa shape index (κ2) is 3.55. The van der Waals surface area contributed by atoms with E-state index in [4.69, 9.17) is 0 Å². The van der Waals surface area contributed by atoms with E-state index in [9.17, 15) is 9.59 Å². The van der Waals surface area contributed by atoms with Gasteiger partial charge in [0.05, 0.1) is 10.2 Å². The lowest BCUT2D eigenvalue weighted by Crippen LogP contribution is -2.11. The van der Waals surface area contributed by atoms with Gasteiger partial charge in [-0.25, -0.2) is 4.98 Å². The molecule has 0 atom stereocenters. The van der Waals surface area contributed by atoms with Crippen LogP contribution in [0.15, 0.2) is 24.3 Å². The Morgan fingerprint density at radius 1 is 1.43 bits per heavy atom. The molecule has 2 rings (SSSR count). The number of benzene rings is 1. The van der Waals surface area contributed by atoms with Crippen LogP contribution in [-0.2, 0) is 9.59 Å². The van der Waals surface area contributed by atoms with Gasteiger partial charge in [0.2, 0.25) is 6.29 Å². The van der Waals surface area contributed by atoms with Crippen LogP contribution in [-0.4, -0.2) is 17.2 Å². The molecule has 1 N–H and O–H groups in total. The average molecular weight is 206 g/mol. The number of carbonyl (C=O) groups is 2. The summed E-state index contributed by atoms with van der Waals surface area (Å²) in [4.78, 5) is 25.0. The Morgan fingerprint density at radius 2 is 2.21 bits per heavy atom. The number of nitrogens with zero attached hydrogens (tertiary/aromatic N) is 1. The molecule has 0 unspecified atom stereocenters. The molecule has 1 heterocycles. The molecule has 5 heteroatoms. The second-order valence-corrected chi connectivity index (χ2v) is 3.62. The van der Waals surface area contributed by atoms with Crippen LogP contribution in [0.25, 0.3) is 10.2 Å². The van der Waals surface area contributed by atoms with E-state index in [2.05, 4.69) is 10.3 Å². The van der Waals surface area contributed by atoms with Crippen LogP contribution in [0.5, 0.6) is 0 Å². The van der Waals surface area contributed by atoms with Gasteiger partial charge < -0.3 is 0 Å². The number of amides is 1. The Hall–Kier alpha value is -1.75. The van der Waals surface area contributed by atoms with E-state index in [-0.39, 0.29) is 6.29 Å². The first-order chi connectivity index (χ1) is 6.79. The molecule has 0 aliphatic heterocycles. The number of aldehydes is 1. The Morgan fingerprint density at radius 3 is 2.93 bits per heavy atom. The van der Waals surface area contributed by atoms with Gasteiger partial charge in [0, 0.05) is 0 Å². The number of hydrogen-bond donors (Lipinski definition) is 1. The van der Waals surface area contributed by atoms with Gasteiger partial charge in [0.1, 0.15) is 0 Å². The molecule has 0 radical (unpaired) electrons. The van der Waals surface area contributed by atoms with Crippen molar-refractivity contribution in [2.24, 2.45) is 0 Å². The molecule has 0 aliphatic rings. The SMILES string of the molecule is O=CC(=O)Nc1nc2ccccc2s1. The zero-order valence-electron chi connectivity index (χ0n) is 7.06. The molecule has 0 aliphatic carbocycles. The Labute approximate surface area is 83.6 Å². The van der Waals surface area contributed by atoms with Crippen molar-refractivity contribution in [1.29, 1.82) is 0 Å². The molecule has 0 fully saturated rings. The van der Waals surface area contributed by atoms with Crippen LogP contribution in [0, 0.1) is 0 Å². The fraction of sp³-hybridized carbons (Fsp3) is 0. The van der Waals surface area contributed by atoms with Crippen molar-refractivity contribution in [3.05, 3.63) is 24.3 Å². The molecule has 0 bridgehead atoms. The standard InChI is InChI=1S/C9H6N2O2S/c12-5-8(13)11-9-10-6-3-1-2-4-7(6)14-9/h1-5H,(H,10,11,13). The third-order valence-electron chi connectivity index (χ3n) is 1.63. The number of aromatic nitrogens is 1. The van der Waals surface area contributed by atoms with Gasteiger partial charge >= 0.3 is 0 Å². The normalized spacial score (nSPS) is 10.0. The Balaban J connectivity index is 2.35. The first kappa shape index (κ1) is 8.83. The van der Waals surface area contributed by atoms with E-state index in [1.54, 1.807) is 0 Å². The number of anilines is 1. The number of nitrogens with one attached hydrogen (secondary N) is 1. The van der Waals surface area contributed by atoms with Crippen LogP contribution in [0.4, 0.5) is 5.13 Å². The van der Waals surface area contributed by atoms with Gasteiger partial charge in [-0.15, -0.1) is 0 Å². The van der Waals surface area contributed by atoms with Crippen molar-refractivity contribution in [1.82, 2.24) is 4.98 Å². The number of carbonyl (C=O) groups excluding carboxylic acids is 2. The van der Waals surface area contributed by atoms with Crippen LogP contribution in [0.2, 0.25) is 0 Å². The molecule has 4 nitrogen and oxygen atoms in total.